The normalized spacial score (nSPS) is 11.3. The van der Waals surface area contributed by atoms with Gasteiger partial charge in [0.1, 0.15) is 11.6 Å². The van der Waals surface area contributed by atoms with Gasteiger partial charge in [0.2, 0.25) is 0 Å². The lowest BCUT2D eigenvalue weighted by Gasteiger charge is -2.07. The van der Waals surface area contributed by atoms with Crippen LogP contribution in [0.2, 0.25) is 5.02 Å². The summed E-state index contributed by atoms with van der Waals surface area (Å²) in [4.78, 5) is 12.7. The molecule has 0 saturated heterocycles. The molecule has 1 amide bonds. The smallest absolute Gasteiger partial charge is 0.266 e. The van der Waals surface area contributed by atoms with Crippen molar-refractivity contribution in [3.8, 4) is 6.07 Å². The van der Waals surface area contributed by atoms with Crippen molar-refractivity contribution >= 4 is 40.2 Å². The third-order valence-electron chi connectivity index (χ3n) is 5.09. The predicted molar refractivity (Wildman–Crippen MR) is 126 cm³/mol. The van der Waals surface area contributed by atoms with E-state index in [2.05, 4.69) is 9.88 Å². The quantitative estimate of drug-likeness (QED) is 0.306. The molecule has 0 fully saturated rings. The van der Waals surface area contributed by atoms with Crippen LogP contribution >= 0.6 is 11.6 Å². The molecule has 0 radical (unpaired) electrons. The highest BCUT2D eigenvalue weighted by Crippen LogP contribution is 2.26. The fourth-order valence-electron chi connectivity index (χ4n) is 3.47. The summed E-state index contributed by atoms with van der Waals surface area (Å²) in [7, 11) is 0. The minimum Gasteiger partial charge on any atom is -0.342 e. The summed E-state index contributed by atoms with van der Waals surface area (Å²) in [5.74, 6) is -0.436. The maximum atomic E-state index is 12.7. The summed E-state index contributed by atoms with van der Waals surface area (Å²) in [5.41, 5.74) is 4.60. The van der Waals surface area contributed by atoms with Crippen molar-refractivity contribution < 1.29 is 4.79 Å². The molecule has 3 aromatic carbocycles. The lowest BCUT2D eigenvalue weighted by atomic mass is 10.1. The average Bonchev–Trinajstić information content (AvgIpc) is 3.12. The SMILES string of the molecule is Cc1ccc(NC(=O)/C(C#N)=C/c2cn(Cc3ccccc3Cl)c3ccccc23)cc1. The van der Waals surface area contributed by atoms with E-state index in [1.807, 2.05) is 92.0 Å². The molecule has 4 aromatic rings. The van der Waals surface area contributed by atoms with Gasteiger partial charge in [-0.3, -0.25) is 4.79 Å². The van der Waals surface area contributed by atoms with Gasteiger partial charge in [-0.25, -0.2) is 0 Å². The number of nitrogens with zero attached hydrogens (tertiary/aromatic N) is 2. The highest BCUT2D eigenvalue weighted by Gasteiger charge is 2.13. The molecule has 5 heteroatoms. The zero-order valence-electron chi connectivity index (χ0n) is 17.0. The molecule has 4 nitrogen and oxygen atoms in total. The first-order chi connectivity index (χ1) is 15.0. The highest BCUT2D eigenvalue weighted by molar-refractivity contribution is 6.31. The molecule has 0 unspecified atom stereocenters. The Morgan fingerprint density at radius 2 is 1.77 bits per heavy atom. The number of halogens is 1. The first-order valence-corrected chi connectivity index (χ1v) is 10.2. The van der Waals surface area contributed by atoms with E-state index in [4.69, 9.17) is 11.6 Å². The van der Waals surface area contributed by atoms with E-state index in [9.17, 15) is 10.1 Å². The van der Waals surface area contributed by atoms with Crippen LogP contribution in [-0.4, -0.2) is 10.5 Å². The zero-order valence-corrected chi connectivity index (χ0v) is 17.7. The van der Waals surface area contributed by atoms with Gasteiger partial charge in [-0.05, 0) is 42.8 Å². The molecule has 1 heterocycles. The van der Waals surface area contributed by atoms with Crippen molar-refractivity contribution in [3.63, 3.8) is 0 Å². The number of para-hydroxylation sites is 1. The number of hydrogen-bond donors (Lipinski definition) is 1. The largest absolute Gasteiger partial charge is 0.342 e. The Labute approximate surface area is 186 Å². The molecule has 1 N–H and O–H groups in total. The van der Waals surface area contributed by atoms with Gasteiger partial charge in [0.25, 0.3) is 5.91 Å². The first-order valence-electron chi connectivity index (χ1n) is 9.86. The average molecular weight is 426 g/mol. The van der Waals surface area contributed by atoms with Crippen molar-refractivity contribution in [1.29, 1.82) is 5.26 Å². The van der Waals surface area contributed by atoms with Gasteiger partial charge in [-0.15, -0.1) is 0 Å². The number of carbonyl (C=O) groups excluding carboxylic acids is 1. The molecule has 31 heavy (non-hydrogen) atoms. The minimum absolute atomic E-state index is 0.0428. The Kier molecular flexibility index (Phi) is 5.88. The van der Waals surface area contributed by atoms with Crippen LogP contribution in [0.3, 0.4) is 0 Å². The second-order valence-corrected chi connectivity index (χ2v) is 7.72. The number of rotatable bonds is 5. The number of anilines is 1. The van der Waals surface area contributed by atoms with Crippen LogP contribution in [0, 0.1) is 18.3 Å². The van der Waals surface area contributed by atoms with Crippen LogP contribution in [0.5, 0.6) is 0 Å². The second kappa shape index (κ2) is 8.91. The topological polar surface area (TPSA) is 57.8 Å². The number of aromatic nitrogens is 1. The second-order valence-electron chi connectivity index (χ2n) is 7.31. The van der Waals surface area contributed by atoms with E-state index in [1.165, 1.54) is 0 Å². The third kappa shape index (κ3) is 4.53. The summed E-state index contributed by atoms with van der Waals surface area (Å²) < 4.78 is 2.08. The molecule has 0 bridgehead atoms. The van der Waals surface area contributed by atoms with E-state index in [1.54, 1.807) is 6.08 Å². The highest BCUT2D eigenvalue weighted by atomic mass is 35.5. The van der Waals surface area contributed by atoms with Crippen molar-refractivity contribution in [2.45, 2.75) is 13.5 Å². The monoisotopic (exact) mass is 425 g/mol. The third-order valence-corrected chi connectivity index (χ3v) is 5.46. The van der Waals surface area contributed by atoms with E-state index in [-0.39, 0.29) is 5.57 Å². The molecule has 152 valence electrons. The minimum atomic E-state index is -0.436. The number of carbonyl (C=O) groups is 1. The Hall–Kier alpha value is -3.81. The van der Waals surface area contributed by atoms with Gasteiger partial charge >= 0.3 is 0 Å². The fraction of sp³-hybridized carbons (Fsp3) is 0.0769. The maximum Gasteiger partial charge on any atom is 0.266 e. The first kappa shape index (κ1) is 20.5. The summed E-state index contributed by atoms with van der Waals surface area (Å²) in [6, 6.07) is 25.1. The van der Waals surface area contributed by atoms with Crippen LogP contribution in [0.25, 0.3) is 17.0 Å². The van der Waals surface area contributed by atoms with Crippen molar-refractivity contribution in [2.75, 3.05) is 5.32 Å². The maximum absolute atomic E-state index is 12.7. The van der Waals surface area contributed by atoms with E-state index in [0.717, 1.165) is 27.6 Å². The lowest BCUT2D eigenvalue weighted by Crippen LogP contribution is -2.13. The van der Waals surface area contributed by atoms with E-state index >= 15 is 0 Å². The van der Waals surface area contributed by atoms with Crippen molar-refractivity contribution in [3.05, 3.63) is 106 Å². The fourth-order valence-corrected chi connectivity index (χ4v) is 3.67. The Morgan fingerprint density at radius 1 is 1.06 bits per heavy atom. The number of hydrogen-bond acceptors (Lipinski definition) is 2. The number of nitrogens with one attached hydrogen (secondary N) is 1. The van der Waals surface area contributed by atoms with Crippen LogP contribution in [0.1, 0.15) is 16.7 Å². The summed E-state index contributed by atoms with van der Waals surface area (Å²) >= 11 is 6.35. The molecule has 0 spiro atoms. The van der Waals surface area contributed by atoms with E-state index in [0.29, 0.717) is 17.3 Å². The molecule has 0 aliphatic carbocycles. The standard InChI is InChI=1S/C26H20ClN3O/c1-18-10-12-22(13-11-18)29-26(31)20(15-28)14-21-17-30(25-9-5-3-7-23(21)25)16-19-6-2-4-8-24(19)27/h2-14,17H,16H2,1H3,(H,29,31)/b20-14+. The Bertz CT molecular complexity index is 1330. The van der Waals surface area contributed by atoms with Crippen molar-refractivity contribution in [2.24, 2.45) is 0 Å². The van der Waals surface area contributed by atoms with Crippen LogP contribution in [-0.2, 0) is 11.3 Å². The molecule has 0 aliphatic rings. The van der Waals surface area contributed by atoms with Gasteiger partial charge in [-0.2, -0.15) is 5.26 Å². The molecular weight excluding hydrogens is 406 g/mol. The van der Waals surface area contributed by atoms with Gasteiger partial charge in [-0.1, -0.05) is 65.7 Å². The number of aryl methyl sites for hydroxylation is 1. The van der Waals surface area contributed by atoms with Crippen LogP contribution < -0.4 is 5.32 Å². The molecule has 0 atom stereocenters. The number of fused-ring (bicyclic) bond motifs is 1. The summed E-state index contributed by atoms with van der Waals surface area (Å²) in [6.45, 7) is 2.57. The molecule has 0 saturated carbocycles. The summed E-state index contributed by atoms with van der Waals surface area (Å²) in [6.07, 6.45) is 3.58. The Morgan fingerprint density at radius 3 is 2.52 bits per heavy atom. The van der Waals surface area contributed by atoms with Gasteiger partial charge < -0.3 is 9.88 Å². The zero-order chi connectivity index (χ0) is 21.8. The lowest BCUT2D eigenvalue weighted by molar-refractivity contribution is -0.112. The van der Waals surface area contributed by atoms with Crippen molar-refractivity contribution in [1.82, 2.24) is 4.57 Å². The number of benzene rings is 3. The molecule has 4 rings (SSSR count). The van der Waals surface area contributed by atoms with Crippen LogP contribution in [0.15, 0.2) is 84.6 Å². The summed E-state index contributed by atoms with van der Waals surface area (Å²) in [5, 5.41) is 14.1. The number of nitriles is 1. The van der Waals surface area contributed by atoms with Gasteiger partial charge in [0.05, 0.1) is 0 Å². The molecule has 0 aliphatic heterocycles. The number of amides is 1. The van der Waals surface area contributed by atoms with Crippen LogP contribution in [0.4, 0.5) is 5.69 Å². The Balaban J connectivity index is 1.68. The predicted octanol–water partition coefficient (Wildman–Crippen LogP) is 6.20. The molecule has 1 aromatic heterocycles. The van der Waals surface area contributed by atoms with Gasteiger partial charge in [0, 0.05) is 39.9 Å². The van der Waals surface area contributed by atoms with Gasteiger partial charge in [0.15, 0.2) is 0 Å². The van der Waals surface area contributed by atoms with E-state index < -0.39 is 5.91 Å². The molecular formula is C26H20ClN3O.